The van der Waals surface area contributed by atoms with Gasteiger partial charge in [-0.25, -0.2) is 0 Å². The molecule has 0 aromatic heterocycles. The number of rotatable bonds is 2. The van der Waals surface area contributed by atoms with E-state index in [-0.39, 0.29) is 0 Å². The molecule has 1 aliphatic rings. The second-order valence-electron chi connectivity index (χ2n) is 3.85. The normalized spacial score (nSPS) is 16.7. The number of piperidine rings is 1. The molecule has 1 aromatic rings. The number of nitrogens with zero attached hydrogens (tertiary/aromatic N) is 1. The Morgan fingerprint density at radius 1 is 1.14 bits per heavy atom. The molecule has 0 unspecified atom stereocenters. The van der Waals surface area contributed by atoms with Crippen LogP contribution in [-0.4, -0.2) is 13.1 Å². The van der Waals surface area contributed by atoms with Crippen molar-refractivity contribution in [3.8, 4) is 0 Å². The molecule has 1 aliphatic heterocycles. The van der Waals surface area contributed by atoms with Gasteiger partial charge in [-0.2, -0.15) is 0 Å². The van der Waals surface area contributed by atoms with Crippen molar-refractivity contribution in [2.75, 3.05) is 18.0 Å². The highest BCUT2D eigenvalue weighted by Gasteiger charge is 2.10. The molecule has 14 heavy (non-hydrogen) atoms. The van der Waals surface area contributed by atoms with Crippen LogP contribution < -0.4 is 4.90 Å². The van der Waals surface area contributed by atoms with E-state index in [9.17, 15) is 0 Å². The molecule has 0 aliphatic carbocycles. The molecular weight excluding hydrogens is 170 g/mol. The van der Waals surface area contributed by atoms with Crippen LogP contribution in [0, 0.1) is 0 Å². The average molecular weight is 187 g/mol. The fourth-order valence-electron chi connectivity index (χ4n) is 2.00. The van der Waals surface area contributed by atoms with Crippen molar-refractivity contribution in [3.05, 3.63) is 36.4 Å². The Kier molecular flexibility index (Phi) is 2.87. The molecule has 0 saturated carbocycles. The Balaban J connectivity index is 2.17. The van der Waals surface area contributed by atoms with Crippen LogP contribution in [0.15, 0.2) is 30.8 Å². The van der Waals surface area contributed by atoms with Gasteiger partial charge >= 0.3 is 0 Å². The van der Waals surface area contributed by atoms with Crippen LogP contribution in [-0.2, 0) is 0 Å². The zero-order chi connectivity index (χ0) is 9.80. The molecule has 2 rings (SSSR count). The summed E-state index contributed by atoms with van der Waals surface area (Å²) in [5.74, 6) is 0. The van der Waals surface area contributed by atoms with E-state index in [2.05, 4.69) is 35.7 Å². The summed E-state index contributed by atoms with van der Waals surface area (Å²) in [6.45, 7) is 6.22. The molecule has 0 spiro atoms. The third-order valence-electron chi connectivity index (χ3n) is 2.83. The lowest BCUT2D eigenvalue weighted by molar-refractivity contribution is 0.578. The molecule has 0 N–H and O–H groups in total. The maximum Gasteiger partial charge on any atom is 0.0372 e. The van der Waals surface area contributed by atoms with E-state index < -0.39 is 0 Å². The maximum atomic E-state index is 3.80. The first kappa shape index (κ1) is 9.32. The molecule has 0 bridgehead atoms. The second kappa shape index (κ2) is 4.32. The lowest BCUT2D eigenvalue weighted by Gasteiger charge is -2.29. The molecular formula is C13H17N. The van der Waals surface area contributed by atoms with E-state index in [1.807, 2.05) is 6.08 Å². The van der Waals surface area contributed by atoms with Crippen LogP contribution in [0.2, 0.25) is 0 Å². The summed E-state index contributed by atoms with van der Waals surface area (Å²) < 4.78 is 0. The topological polar surface area (TPSA) is 3.24 Å². The Hall–Kier alpha value is -1.24. The van der Waals surface area contributed by atoms with Gasteiger partial charge in [0.2, 0.25) is 0 Å². The predicted octanol–water partition coefficient (Wildman–Crippen LogP) is 3.32. The fourth-order valence-corrected chi connectivity index (χ4v) is 2.00. The smallest absolute Gasteiger partial charge is 0.0372 e. The third-order valence-corrected chi connectivity index (χ3v) is 2.83. The SMILES string of the molecule is C=Cc1cccc(N2CCCCC2)c1. The largest absolute Gasteiger partial charge is 0.372 e. The highest BCUT2D eigenvalue weighted by atomic mass is 15.1. The van der Waals surface area contributed by atoms with Crippen molar-refractivity contribution >= 4 is 11.8 Å². The number of benzene rings is 1. The Bertz CT molecular complexity index is 311. The third kappa shape index (κ3) is 1.98. The summed E-state index contributed by atoms with van der Waals surface area (Å²) in [5.41, 5.74) is 2.56. The van der Waals surface area contributed by atoms with Gasteiger partial charge in [0, 0.05) is 18.8 Å². The van der Waals surface area contributed by atoms with Gasteiger partial charge in [-0.05, 0) is 37.0 Å². The monoisotopic (exact) mass is 187 g/mol. The van der Waals surface area contributed by atoms with Crippen LogP contribution in [0.25, 0.3) is 6.08 Å². The lowest BCUT2D eigenvalue weighted by atomic mass is 10.1. The molecule has 1 heteroatoms. The van der Waals surface area contributed by atoms with Crippen molar-refractivity contribution in [2.24, 2.45) is 0 Å². The standard InChI is InChI=1S/C13H17N/c1-2-12-7-6-8-13(11-12)14-9-4-3-5-10-14/h2,6-8,11H,1,3-5,9-10H2. The van der Waals surface area contributed by atoms with Crippen LogP contribution in [0.1, 0.15) is 24.8 Å². The van der Waals surface area contributed by atoms with E-state index in [0.717, 1.165) is 0 Å². The number of hydrogen-bond donors (Lipinski definition) is 0. The zero-order valence-corrected chi connectivity index (χ0v) is 8.58. The molecule has 1 heterocycles. The van der Waals surface area contributed by atoms with Gasteiger partial charge < -0.3 is 4.90 Å². The summed E-state index contributed by atoms with van der Waals surface area (Å²) in [5, 5.41) is 0. The van der Waals surface area contributed by atoms with Gasteiger partial charge in [-0.3, -0.25) is 0 Å². The van der Waals surface area contributed by atoms with Crippen LogP contribution in [0.5, 0.6) is 0 Å². The maximum absolute atomic E-state index is 3.80. The van der Waals surface area contributed by atoms with E-state index in [1.54, 1.807) is 0 Å². The first-order chi connectivity index (χ1) is 6.90. The summed E-state index contributed by atoms with van der Waals surface area (Å²) in [6, 6.07) is 8.62. The first-order valence-corrected chi connectivity index (χ1v) is 5.37. The summed E-state index contributed by atoms with van der Waals surface area (Å²) in [7, 11) is 0. The fraction of sp³-hybridized carbons (Fsp3) is 0.385. The minimum absolute atomic E-state index is 1.21. The molecule has 74 valence electrons. The molecule has 0 radical (unpaired) electrons. The van der Waals surface area contributed by atoms with Gasteiger partial charge in [-0.15, -0.1) is 0 Å². The summed E-state index contributed by atoms with van der Waals surface area (Å²) >= 11 is 0. The first-order valence-electron chi connectivity index (χ1n) is 5.37. The van der Waals surface area contributed by atoms with E-state index in [4.69, 9.17) is 0 Å². The van der Waals surface area contributed by atoms with E-state index in [1.165, 1.54) is 43.6 Å². The molecule has 1 saturated heterocycles. The second-order valence-corrected chi connectivity index (χ2v) is 3.85. The minimum Gasteiger partial charge on any atom is -0.372 e. The van der Waals surface area contributed by atoms with E-state index >= 15 is 0 Å². The lowest BCUT2D eigenvalue weighted by Crippen LogP contribution is -2.29. The van der Waals surface area contributed by atoms with Crippen molar-refractivity contribution in [3.63, 3.8) is 0 Å². The molecule has 1 fully saturated rings. The molecule has 0 atom stereocenters. The Labute approximate surface area is 86.1 Å². The van der Waals surface area contributed by atoms with Crippen molar-refractivity contribution in [1.82, 2.24) is 0 Å². The Morgan fingerprint density at radius 3 is 2.64 bits per heavy atom. The van der Waals surface area contributed by atoms with Crippen LogP contribution >= 0.6 is 0 Å². The Morgan fingerprint density at radius 2 is 1.93 bits per heavy atom. The van der Waals surface area contributed by atoms with E-state index in [0.29, 0.717) is 0 Å². The molecule has 1 nitrogen and oxygen atoms in total. The van der Waals surface area contributed by atoms with Gasteiger partial charge in [0.1, 0.15) is 0 Å². The van der Waals surface area contributed by atoms with Crippen molar-refractivity contribution in [2.45, 2.75) is 19.3 Å². The zero-order valence-electron chi connectivity index (χ0n) is 8.58. The minimum atomic E-state index is 1.21. The number of anilines is 1. The van der Waals surface area contributed by atoms with Crippen molar-refractivity contribution in [1.29, 1.82) is 0 Å². The highest BCUT2D eigenvalue weighted by Crippen LogP contribution is 2.20. The quantitative estimate of drug-likeness (QED) is 0.686. The van der Waals surface area contributed by atoms with Crippen LogP contribution in [0.4, 0.5) is 5.69 Å². The molecule has 1 aromatic carbocycles. The summed E-state index contributed by atoms with van der Waals surface area (Å²) in [4.78, 5) is 2.47. The van der Waals surface area contributed by atoms with Crippen LogP contribution in [0.3, 0.4) is 0 Å². The molecule has 0 amide bonds. The van der Waals surface area contributed by atoms with Crippen molar-refractivity contribution < 1.29 is 0 Å². The van der Waals surface area contributed by atoms with Gasteiger partial charge in [0.15, 0.2) is 0 Å². The van der Waals surface area contributed by atoms with Gasteiger partial charge in [0.25, 0.3) is 0 Å². The average Bonchev–Trinajstić information content (AvgIpc) is 2.30. The van der Waals surface area contributed by atoms with Gasteiger partial charge in [0.05, 0.1) is 0 Å². The summed E-state index contributed by atoms with van der Waals surface area (Å²) in [6.07, 6.45) is 5.96. The number of hydrogen-bond acceptors (Lipinski definition) is 1. The highest BCUT2D eigenvalue weighted by molar-refractivity contribution is 5.57. The predicted molar refractivity (Wildman–Crippen MR) is 62.6 cm³/mol. The van der Waals surface area contributed by atoms with Gasteiger partial charge in [-0.1, -0.05) is 24.8 Å².